The summed E-state index contributed by atoms with van der Waals surface area (Å²) in [5, 5.41) is 33.9. The van der Waals surface area contributed by atoms with Gasteiger partial charge >= 0.3 is 5.97 Å². The van der Waals surface area contributed by atoms with E-state index in [-0.39, 0.29) is 46.8 Å². The SMILES string of the molecule is N=C(N)Nc1cccc(C(=O)NCC(=O)Nc2c(CCC(=O)O)cc(Br)c(O)c2Br)c1. The molecular weight excluding hydrogens is 538 g/mol. The number of aryl methyl sites for hydroxylation is 1. The van der Waals surface area contributed by atoms with Crippen LogP contribution in [-0.4, -0.2) is 40.5 Å². The molecule has 0 saturated carbocycles. The highest BCUT2D eigenvalue weighted by Crippen LogP contribution is 2.41. The lowest BCUT2D eigenvalue weighted by Crippen LogP contribution is -2.33. The fraction of sp³-hybridized carbons (Fsp3) is 0.158. The lowest BCUT2D eigenvalue weighted by Gasteiger charge is -2.15. The molecule has 0 saturated heterocycles. The van der Waals surface area contributed by atoms with Crippen LogP contribution in [0.4, 0.5) is 11.4 Å². The number of rotatable bonds is 8. The zero-order valence-corrected chi connectivity index (χ0v) is 19.1. The molecule has 0 radical (unpaired) electrons. The fourth-order valence-corrected chi connectivity index (χ4v) is 3.88. The Morgan fingerprint density at radius 1 is 1.13 bits per heavy atom. The van der Waals surface area contributed by atoms with E-state index in [1.807, 2.05) is 0 Å². The summed E-state index contributed by atoms with van der Waals surface area (Å²) in [5.74, 6) is -2.55. The Balaban J connectivity index is 2.09. The molecule has 8 N–H and O–H groups in total. The van der Waals surface area contributed by atoms with E-state index in [2.05, 4.69) is 47.8 Å². The largest absolute Gasteiger partial charge is 0.505 e. The van der Waals surface area contributed by atoms with Crippen molar-refractivity contribution in [2.75, 3.05) is 17.2 Å². The van der Waals surface area contributed by atoms with Gasteiger partial charge in [-0.1, -0.05) is 6.07 Å². The molecule has 10 nitrogen and oxygen atoms in total. The van der Waals surface area contributed by atoms with Crippen LogP contribution in [0.15, 0.2) is 39.3 Å². The van der Waals surface area contributed by atoms with Gasteiger partial charge in [0.25, 0.3) is 5.91 Å². The third-order valence-corrected chi connectivity index (χ3v) is 5.34. The molecule has 0 aromatic heterocycles. The van der Waals surface area contributed by atoms with Crippen molar-refractivity contribution in [3.63, 3.8) is 0 Å². The first-order valence-corrected chi connectivity index (χ1v) is 10.4. The zero-order chi connectivity index (χ0) is 23.1. The van der Waals surface area contributed by atoms with Crippen molar-refractivity contribution in [1.82, 2.24) is 5.32 Å². The molecule has 0 unspecified atom stereocenters. The van der Waals surface area contributed by atoms with Crippen molar-refractivity contribution >= 4 is 67.0 Å². The predicted molar refractivity (Wildman–Crippen MR) is 122 cm³/mol. The van der Waals surface area contributed by atoms with E-state index < -0.39 is 17.8 Å². The van der Waals surface area contributed by atoms with Crippen LogP contribution in [0.1, 0.15) is 22.3 Å². The van der Waals surface area contributed by atoms with E-state index in [9.17, 15) is 19.5 Å². The number of nitrogens with one attached hydrogen (secondary N) is 4. The third-order valence-electron chi connectivity index (χ3n) is 3.96. The molecule has 12 heteroatoms. The number of amides is 2. The Morgan fingerprint density at radius 2 is 1.84 bits per heavy atom. The maximum Gasteiger partial charge on any atom is 0.303 e. The Kier molecular flexibility index (Phi) is 8.39. The second-order valence-electron chi connectivity index (χ2n) is 6.30. The number of aromatic hydroxyl groups is 1. The molecule has 0 spiro atoms. The summed E-state index contributed by atoms with van der Waals surface area (Å²) < 4.78 is 0.523. The maximum absolute atomic E-state index is 12.4. The van der Waals surface area contributed by atoms with Gasteiger partial charge in [0.05, 0.1) is 21.2 Å². The van der Waals surface area contributed by atoms with Crippen LogP contribution in [-0.2, 0) is 16.0 Å². The monoisotopic (exact) mass is 555 g/mol. The van der Waals surface area contributed by atoms with Gasteiger partial charge in [-0.25, -0.2) is 0 Å². The molecule has 0 aliphatic carbocycles. The standard InChI is InChI=1S/C19H19Br2N5O5/c20-12-7-9(4-5-14(28)29)16(15(21)17(12)30)26-13(27)8-24-18(31)10-2-1-3-11(6-10)25-19(22)23/h1-3,6-7,30H,4-5,8H2,(H,24,31)(H,26,27)(H,28,29)(H4,22,23,25). The van der Waals surface area contributed by atoms with Crippen LogP contribution >= 0.6 is 31.9 Å². The molecule has 31 heavy (non-hydrogen) atoms. The highest BCUT2D eigenvalue weighted by atomic mass is 79.9. The van der Waals surface area contributed by atoms with E-state index >= 15 is 0 Å². The minimum absolute atomic E-state index is 0.116. The van der Waals surface area contributed by atoms with Gasteiger partial charge in [-0.15, -0.1) is 0 Å². The average Bonchev–Trinajstić information content (AvgIpc) is 2.70. The predicted octanol–water partition coefficient (Wildman–Crippen LogP) is 2.61. The molecular formula is C19H19Br2N5O5. The second kappa shape index (κ2) is 10.8. The van der Waals surface area contributed by atoms with Crippen LogP contribution in [0.3, 0.4) is 0 Å². The summed E-state index contributed by atoms with van der Waals surface area (Å²) in [4.78, 5) is 35.6. The van der Waals surface area contributed by atoms with E-state index in [4.69, 9.17) is 16.2 Å². The molecule has 164 valence electrons. The maximum atomic E-state index is 12.4. The molecule has 2 rings (SSSR count). The number of phenols is 1. The molecule has 2 amide bonds. The molecule has 2 aromatic rings. The van der Waals surface area contributed by atoms with E-state index in [1.165, 1.54) is 18.2 Å². The van der Waals surface area contributed by atoms with Gasteiger partial charge in [0, 0.05) is 17.7 Å². The van der Waals surface area contributed by atoms with Gasteiger partial charge in [0.15, 0.2) is 5.96 Å². The molecule has 0 aliphatic heterocycles. The first-order chi connectivity index (χ1) is 14.6. The molecule has 0 fully saturated rings. The number of nitrogens with two attached hydrogens (primary N) is 1. The number of phenolic OH excluding ortho intramolecular Hbond substituents is 1. The highest BCUT2D eigenvalue weighted by Gasteiger charge is 2.18. The summed E-state index contributed by atoms with van der Waals surface area (Å²) in [6, 6.07) is 7.75. The van der Waals surface area contributed by atoms with Gasteiger partial charge in [0.2, 0.25) is 5.91 Å². The summed E-state index contributed by atoms with van der Waals surface area (Å²) in [6.45, 7) is -0.370. The lowest BCUT2D eigenvalue weighted by atomic mass is 10.1. The van der Waals surface area contributed by atoms with Crippen molar-refractivity contribution in [3.05, 3.63) is 50.4 Å². The highest BCUT2D eigenvalue weighted by molar-refractivity contribution is 9.11. The van der Waals surface area contributed by atoms with Crippen LogP contribution in [0.2, 0.25) is 0 Å². The number of anilines is 2. The zero-order valence-electron chi connectivity index (χ0n) is 16.0. The first-order valence-electron chi connectivity index (χ1n) is 8.79. The minimum atomic E-state index is -1.01. The fourth-order valence-electron chi connectivity index (χ4n) is 2.57. The van der Waals surface area contributed by atoms with Crippen molar-refractivity contribution in [2.24, 2.45) is 5.73 Å². The molecule has 0 bridgehead atoms. The molecule has 0 aliphatic rings. The number of hydrogen-bond acceptors (Lipinski definition) is 5. The topological polar surface area (TPSA) is 178 Å². The molecule has 2 aromatic carbocycles. The Morgan fingerprint density at radius 3 is 2.48 bits per heavy atom. The normalized spacial score (nSPS) is 10.3. The number of hydrogen-bond donors (Lipinski definition) is 7. The van der Waals surface area contributed by atoms with Gasteiger partial charge in [-0.2, -0.15) is 0 Å². The van der Waals surface area contributed by atoms with Crippen LogP contribution < -0.4 is 21.7 Å². The number of carboxylic acids is 1. The quantitative estimate of drug-likeness (QED) is 0.193. The lowest BCUT2D eigenvalue weighted by molar-refractivity contribution is -0.137. The van der Waals surface area contributed by atoms with Crippen molar-refractivity contribution in [2.45, 2.75) is 12.8 Å². The average molecular weight is 557 g/mol. The number of halogens is 2. The second-order valence-corrected chi connectivity index (χ2v) is 7.95. The molecule has 0 atom stereocenters. The van der Waals surface area contributed by atoms with Gasteiger partial charge in [-0.05, 0) is 68.1 Å². The molecule has 0 heterocycles. The Hall–Kier alpha value is -3.12. The third kappa shape index (κ3) is 6.96. The van der Waals surface area contributed by atoms with Crippen molar-refractivity contribution in [1.29, 1.82) is 5.41 Å². The van der Waals surface area contributed by atoms with Gasteiger partial charge in [0.1, 0.15) is 5.75 Å². The number of carboxylic acid groups (broad SMARTS) is 1. The van der Waals surface area contributed by atoms with E-state index in [0.717, 1.165) is 0 Å². The minimum Gasteiger partial charge on any atom is -0.505 e. The van der Waals surface area contributed by atoms with E-state index in [1.54, 1.807) is 12.1 Å². The summed E-state index contributed by atoms with van der Waals surface area (Å²) in [6.07, 6.45) is -0.0569. The number of guanidine groups is 1. The summed E-state index contributed by atoms with van der Waals surface area (Å²) >= 11 is 6.37. The van der Waals surface area contributed by atoms with E-state index in [0.29, 0.717) is 15.7 Å². The first kappa shape index (κ1) is 24.2. The Bertz CT molecular complexity index is 1040. The number of benzene rings is 2. The van der Waals surface area contributed by atoms with Gasteiger partial charge < -0.3 is 31.9 Å². The van der Waals surface area contributed by atoms with Crippen molar-refractivity contribution < 1.29 is 24.6 Å². The van der Waals surface area contributed by atoms with Crippen LogP contribution in [0.25, 0.3) is 0 Å². The summed E-state index contributed by atoms with van der Waals surface area (Å²) in [5.41, 5.74) is 6.67. The van der Waals surface area contributed by atoms with Crippen molar-refractivity contribution in [3.8, 4) is 5.75 Å². The number of carbonyl (C=O) groups excluding carboxylic acids is 2. The number of aliphatic carboxylic acids is 1. The number of carbonyl (C=O) groups is 3. The van der Waals surface area contributed by atoms with Crippen LogP contribution in [0, 0.1) is 5.41 Å². The summed E-state index contributed by atoms with van der Waals surface area (Å²) in [7, 11) is 0. The Labute approximate surface area is 194 Å². The smallest absolute Gasteiger partial charge is 0.303 e. The van der Waals surface area contributed by atoms with Crippen LogP contribution in [0.5, 0.6) is 5.75 Å². The van der Waals surface area contributed by atoms with Gasteiger partial charge in [-0.3, -0.25) is 19.8 Å².